The quantitative estimate of drug-likeness (QED) is 0.656. The molecule has 0 amide bonds. The Morgan fingerprint density at radius 3 is 2.68 bits per heavy atom. The summed E-state index contributed by atoms with van der Waals surface area (Å²) >= 11 is 0. The summed E-state index contributed by atoms with van der Waals surface area (Å²) in [5.74, 6) is 0.895. The van der Waals surface area contributed by atoms with Crippen molar-refractivity contribution in [2.24, 2.45) is 7.05 Å². The minimum absolute atomic E-state index is 0.0366. The second-order valence-corrected chi connectivity index (χ2v) is 7.82. The molecule has 166 valence electrons. The summed E-state index contributed by atoms with van der Waals surface area (Å²) < 4.78 is 7.42. The molecular weight excluding hydrogens is 388 g/mol. The number of hydrogen-bond acceptors (Lipinski definition) is 5. The van der Waals surface area contributed by atoms with Crippen molar-refractivity contribution in [3.8, 4) is 16.9 Å². The number of nitrogens with one attached hydrogen (secondary N) is 1. The normalized spacial score (nSPS) is 15.9. The van der Waals surface area contributed by atoms with Crippen LogP contribution in [0.4, 0.5) is 0 Å². The molecule has 6 nitrogen and oxygen atoms in total. The number of fused-ring (bicyclic) bond motifs is 1. The average Bonchev–Trinajstić information content (AvgIpc) is 2.79. The lowest BCUT2D eigenvalue weighted by molar-refractivity contribution is 0.0818. The Bertz CT molecular complexity index is 1110. The second-order valence-electron chi connectivity index (χ2n) is 7.82. The number of aromatic nitrogens is 2. The molecule has 0 bridgehead atoms. The maximum Gasteiger partial charge on any atom is 0.259 e. The van der Waals surface area contributed by atoms with Gasteiger partial charge in [0.15, 0.2) is 0 Å². The molecule has 1 aliphatic rings. The van der Waals surface area contributed by atoms with Crippen LogP contribution in [0.1, 0.15) is 31.4 Å². The van der Waals surface area contributed by atoms with Gasteiger partial charge < -0.3 is 14.6 Å². The molecule has 3 heterocycles. The molecule has 0 saturated carbocycles. The molecule has 1 aromatic carbocycles. The maximum absolute atomic E-state index is 12.5. The van der Waals surface area contributed by atoms with Crippen molar-refractivity contribution in [1.82, 2.24) is 19.8 Å². The van der Waals surface area contributed by atoms with E-state index >= 15 is 0 Å². The highest BCUT2D eigenvalue weighted by Gasteiger charge is 2.28. The number of nitrogens with zero attached hydrogens (tertiary/aromatic N) is 3. The summed E-state index contributed by atoms with van der Waals surface area (Å²) in [5, 5.41) is 4.82. The third-order valence-electron chi connectivity index (χ3n) is 6.01. The highest BCUT2D eigenvalue weighted by molar-refractivity contribution is 5.95. The molecular formula is C25H34N4O2. The van der Waals surface area contributed by atoms with Crippen LogP contribution in [0.2, 0.25) is 0 Å². The Balaban J connectivity index is 0.00000132. The van der Waals surface area contributed by atoms with Crippen LogP contribution in [0.5, 0.6) is 5.75 Å². The minimum Gasteiger partial charge on any atom is -0.496 e. The summed E-state index contributed by atoms with van der Waals surface area (Å²) in [6.07, 6.45) is 6.51. The van der Waals surface area contributed by atoms with Crippen molar-refractivity contribution in [3.63, 3.8) is 0 Å². The molecule has 1 saturated heterocycles. The number of pyridine rings is 2. The van der Waals surface area contributed by atoms with Gasteiger partial charge in [0.25, 0.3) is 5.56 Å². The zero-order valence-corrected chi connectivity index (χ0v) is 19.5. The number of likely N-dealkylation sites (tertiary alicyclic amines) is 1. The molecule has 3 aromatic rings. The molecule has 31 heavy (non-hydrogen) atoms. The van der Waals surface area contributed by atoms with Crippen molar-refractivity contribution in [2.75, 3.05) is 27.2 Å². The predicted molar refractivity (Wildman–Crippen MR) is 128 cm³/mol. The number of methoxy groups -OCH3 is 1. The van der Waals surface area contributed by atoms with Crippen LogP contribution in [0.25, 0.3) is 21.9 Å². The smallest absolute Gasteiger partial charge is 0.259 e. The molecule has 1 atom stereocenters. The van der Waals surface area contributed by atoms with Gasteiger partial charge >= 0.3 is 0 Å². The molecule has 2 aromatic heterocycles. The second kappa shape index (κ2) is 10.1. The van der Waals surface area contributed by atoms with Crippen molar-refractivity contribution < 1.29 is 4.74 Å². The minimum atomic E-state index is -0.0366. The molecule has 0 radical (unpaired) electrons. The molecule has 4 rings (SSSR count). The first-order valence-electron chi connectivity index (χ1n) is 11.0. The van der Waals surface area contributed by atoms with Crippen LogP contribution in [-0.2, 0) is 13.6 Å². The number of hydrogen-bond donors (Lipinski definition) is 1. The monoisotopic (exact) mass is 422 g/mol. The van der Waals surface area contributed by atoms with Crippen LogP contribution in [0.15, 0.2) is 41.6 Å². The fraction of sp³-hybridized carbons (Fsp3) is 0.440. The van der Waals surface area contributed by atoms with Gasteiger partial charge in [0.05, 0.1) is 12.5 Å². The Morgan fingerprint density at radius 1 is 1.26 bits per heavy atom. The predicted octanol–water partition coefficient (Wildman–Crippen LogP) is 3.74. The number of ether oxygens (including phenoxy) is 1. The van der Waals surface area contributed by atoms with E-state index in [1.54, 1.807) is 31.1 Å². The van der Waals surface area contributed by atoms with Gasteiger partial charge in [-0.15, -0.1) is 0 Å². The van der Waals surface area contributed by atoms with E-state index in [-0.39, 0.29) is 5.56 Å². The zero-order chi connectivity index (χ0) is 22.5. The Kier molecular flexibility index (Phi) is 7.46. The van der Waals surface area contributed by atoms with Gasteiger partial charge in [-0.05, 0) is 49.0 Å². The largest absolute Gasteiger partial charge is 0.496 e. The fourth-order valence-corrected chi connectivity index (χ4v) is 4.24. The zero-order valence-electron chi connectivity index (χ0n) is 19.5. The standard InChI is InChI=1S/C23H28N4O2.C2H6/c1-15-9-16(21-13-26(3)23(28)19-12-25-7-5-18(19)21)10-22(29-4)20(15)14-27-8-6-17(27)11-24-2;1-2/h5,7,9-10,12-13,17,24H,6,8,11,14H2,1-4H3;1-2H3. The molecule has 6 heteroatoms. The van der Waals surface area contributed by atoms with Crippen LogP contribution in [0, 0.1) is 6.92 Å². The van der Waals surface area contributed by atoms with Crippen molar-refractivity contribution >= 4 is 10.8 Å². The van der Waals surface area contributed by atoms with E-state index in [0.717, 1.165) is 41.9 Å². The Hall–Kier alpha value is -2.70. The first-order valence-corrected chi connectivity index (χ1v) is 11.0. The first kappa shape index (κ1) is 23.0. The Morgan fingerprint density at radius 2 is 2.03 bits per heavy atom. The lowest BCUT2D eigenvalue weighted by Gasteiger charge is -2.41. The SMILES string of the molecule is CC.CNCC1CCN1Cc1c(C)cc(-c2cn(C)c(=O)c3cnccc23)cc1OC. The third-order valence-corrected chi connectivity index (χ3v) is 6.01. The van der Waals surface area contributed by atoms with Gasteiger partial charge in [0.1, 0.15) is 5.75 Å². The van der Waals surface area contributed by atoms with Gasteiger partial charge in [-0.1, -0.05) is 19.9 Å². The van der Waals surface area contributed by atoms with Crippen LogP contribution in [0.3, 0.4) is 0 Å². The highest BCUT2D eigenvalue weighted by atomic mass is 16.5. The maximum atomic E-state index is 12.5. The van der Waals surface area contributed by atoms with E-state index in [1.165, 1.54) is 17.5 Å². The van der Waals surface area contributed by atoms with E-state index < -0.39 is 0 Å². The molecule has 1 N–H and O–H groups in total. The van der Waals surface area contributed by atoms with Crippen molar-refractivity contribution in [1.29, 1.82) is 0 Å². The summed E-state index contributed by atoms with van der Waals surface area (Å²) in [6, 6.07) is 6.78. The number of rotatable bonds is 6. The molecule has 0 aliphatic carbocycles. The van der Waals surface area contributed by atoms with Crippen molar-refractivity contribution in [3.05, 3.63) is 58.3 Å². The van der Waals surface area contributed by atoms with Gasteiger partial charge in [-0.2, -0.15) is 0 Å². The third kappa shape index (κ3) is 4.50. The number of likely N-dealkylation sites (N-methyl/N-ethyl adjacent to an activating group) is 1. The van der Waals surface area contributed by atoms with Gasteiger partial charge in [0.2, 0.25) is 0 Å². The molecule has 0 spiro atoms. The van der Waals surface area contributed by atoms with Crippen LogP contribution in [-0.4, -0.2) is 47.7 Å². The van der Waals surface area contributed by atoms with E-state index in [9.17, 15) is 4.79 Å². The molecule has 1 fully saturated rings. The van der Waals surface area contributed by atoms with E-state index in [4.69, 9.17) is 4.74 Å². The van der Waals surface area contributed by atoms with E-state index in [1.807, 2.05) is 33.2 Å². The lowest BCUT2D eigenvalue weighted by atomic mass is 9.95. The Labute approximate surface area is 184 Å². The van der Waals surface area contributed by atoms with Gasteiger partial charge in [-0.25, -0.2) is 0 Å². The number of benzene rings is 1. The van der Waals surface area contributed by atoms with Gasteiger partial charge in [0, 0.05) is 62.4 Å². The summed E-state index contributed by atoms with van der Waals surface area (Å²) in [5.41, 5.74) is 4.45. The van der Waals surface area contributed by atoms with Crippen molar-refractivity contribution in [2.45, 2.75) is 39.8 Å². The van der Waals surface area contributed by atoms with Crippen LogP contribution < -0.4 is 15.6 Å². The summed E-state index contributed by atoms with van der Waals surface area (Å²) in [4.78, 5) is 19.1. The van der Waals surface area contributed by atoms with E-state index in [2.05, 4.69) is 34.3 Å². The lowest BCUT2D eigenvalue weighted by Crippen LogP contribution is -2.51. The topological polar surface area (TPSA) is 59.4 Å². The summed E-state index contributed by atoms with van der Waals surface area (Å²) in [7, 11) is 5.51. The highest BCUT2D eigenvalue weighted by Crippen LogP contribution is 2.35. The molecule has 1 aliphatic heterocycles. The molecule has 1 unspecified atom stereocenters. The number of aryl methyl sites for hydroxylation is 2. The summed E-state index contributed by atoms with van der Waals surface area (Å²) in [6.45, 7) is 9.16. The van der Waals surface area contributed by atoms with E-state index in [0.29, 0.717) is 11.4 Å². The average molecular weight is 423 g/mol. The fourth-order valence-electron chi connectivity index (χ4n) is 4.24. The first-order chi connectivity index (χ1) is 15.0. The van der Waals surface area contributed by atoms with Crippen LogP contribution >= 0.6 is 0 Å². The van der Waals surface area contributed by atoms with Gasteiger partial charge in [-0.3, -0.25) is 14.7 Å².